The zero-order valence-electron chi connectivity index (χ0n) is 15.1. The van der Waals surface area contributed by atoms with Crippen molar-refractivity contribution in [1.82, 2.24) is 9.78 Å². The molecule has 3 rings (SSSR count). The van der Waals surface area contributed by atoms with Gasteiger partial charge in [-0.2, -0.15) is 5.10 Å². The Bertz CT molecular complexity index is 957. The summed E-state index contributed by atoms with van der Waals surface area (Å²) >= 11 is 0. The molecule has 8 heteroatoms. The zero-order chi connectivity index (χ0) is 19.4. The molecule has 140 valence electrons. The third kappa shape index (κ3) is 4.17. The Labute approximate surface area is 155 Å². The van der Waals surface area contributed by atoms with Gasteiger partial charge in [-0.15, -0.1) is 0 Å². The molecule has 2 amide bonds. The van der Waals surface area contributed by atoms with Gasteiger partial charge in [-0.1, -0.05) is 19.1 Å². The van der Waals surface area contributed by atoms with Crippen LogP contribution in [0, 0.1) is 0 Å². The molecule has 0 unspecified atom stereocenters. The molecule has 3 aromatic rings. The van der Waals surface area contributed by atoms with Crippen molar-refractivity contribution in [2.24, 2.45) is 12.8 Å². The summed E-state index contributed by atoms with van der Waals surface area (Å²) < 4.78 is 12.5. The van der Waals surface area contributed by atoms with E-state index >= 15 is 0 Å². The molecule has 0 radical (unpaired) electrons. The van der Waals surface area contributed by atoms with Crippen molar-refractivity contribution >= 4 is 17.5 Å². The Hall–Kier alpha value is -3.55. The minimum atomic E-state index is -0.687. The molecular formula is C19H20N4O4. The average molecular weight is 368 g/mol. The van der Waals surface area contributed by atoms with Crippen molar-refractivity contribution in [2.75, 3.05) is 5.32 Å². The van der Waals surface area contributed by atoms with E-state index in [9.17, 15) is 9.59 Å². The fourth-order valence-electron chi connectivity index (χ4n) is 2.56. The Morgan fingerprint density at radius 3 is 2.63 bits per heavy atom. The van der Waals surface area contributed by atoms with Gasteiger partial charge in [0.25, 0.3) is 11.8 Å². The van der Waals surface area contributed by atoms with Crippen LogP contribution in [0.5, 0.6) is 5.75 Å². The van der Waals surface area contributed by atoms with Crippen LogP contribution in [0.2, 0.25) is 0 Å². The topological polar surface area (TPSA) is 112 Å². The summed E-state index contributed by atoms with van der Waals surface area (Å²) in [5.41, 5.74) is 6.86. The highest BCUT2D eigenvalue weighted by molar-refractivity contribution is 6.06. The van der Waals surface area contributed by atoms with E-state index in [1.807, 2.05) is 24.3 Å². The molecular weight excluding hydrogens is 348 g/mol. The monoisotopic (exact) mass is 368 g/mol. The molecule has 0 fully saturated rings. The van der Waals surface area contributed by atoms with Crippen LogP contribution in [-0.4, -0.2) is 21.6 Å². The van der Waals surface area contributed by atoms with Crippen LogP contribution in [0.3, 0.4) is 0 Å². The van der Waals surface area contributed by atoms with Crippen molar-refractivity contribution in [1.29, 1.82) is 0 Å². The van der Waals surface area contributed by atoms with Crippen LogP contribution in [0.4, 0.5) is 5.69 Å². The van der Waals surface area contributed by atoms with Crippen molar-refractivity contribution in [3.05, 3.63) is 65.4 Å². The second-order valence-corrected chi connectivity index (χ2v) is 5.90. The number of hydrogen-bond acceptors (Lipinski definition) is 5. The zero-order valence-corrected chi connectivity index (χ0v) is 15.1. The molecule has 8 nitrogen and oxygen atoms in total. The van der Waals surface area contributed by atoms with Gasteiger partial charge in [0.2, 0.25) is 0 Å². The summed E-state index contributed by atoms with van der Waals surface area (Å²) in [6.45, 7) is 2.28. The molecule has 0 aliphatic rings. The van der Waals surface area contributed by atoms with E-state index in [0.29, 0.717) is 5.76 Å². The summed E-state index contributed by atoms with van der Waals surface area (Å²) in [5, 5.41) is 6.49. The highest BCUT2D eigenvalue weighted by Gasteiger charge is 2.18. The van der Waals surface area contributed by atoms with Gasteiger partial charge in [-0.25, -0.2) is 0 Å². The maximum absolute atomic E-state index is 12.3. The Morgan fingerprint density at radius 1 is 1.22 bits per heavy atom. The number of primary amides is 1. The third-order valence-corrected chi connectivity index (χ3v) is 4.02. The van der Waals surface area contributed by atoms with Crippen LogP contribution < -0.4 is 15.8 Å². The van der Waals surface area contributed by atoms with Crippen molar-refractivity contribution in [3.63, 3.8) is 0 Å². The maximum Gasteiger partial charge on any atom is 0.291 e. The Morgan fingerprint density at radius 2 is 1.96 bits per heavy atom. The molecule has 2 heterocycles. The quantitative estimate of drug-likeness (QED) is 0.665. The van der Waals surface area contributed by atoms with Crippen molar-refractivity contribution in [2.45, 2.75) is 20.0 Å². The number of nitrogens with zero attached hydrogens (tertiary/aromatic N) is 2. The van der Waals surface area contributed by atoms with Gasteiger partial charge in [0.1, 0.15) is 23.8 Å². The van der Waals surface area contributed by atoms with E-state index in [-0.39, 0.29) is 23.7 Å². The number of nitrogens with one attached hydrogen (secondary N) is 1. The fourth-order valence-corrected chi connectivity index (χ4v) is 2.56. The van der Waals surface area contributed by atoms with Gasteiger partial charge in [-0.3, -0.25) is 14.3 Å². The molecule has 1 aromatic carbocycles. The number of benzene rings is 1. The molecule has 0 spiro atoms. The largest absolute Gasteiger partial charge is 0.486 e. The van der Waals surface area contributed by atoms with Gasteiger partial charge in [0.05, 0.1) is 11.9 Å². The lowest BCUT2D eigenvalue weighted by molar-refractivity contribution is 0.0992. The number of ether oxygens (including phenoxy) is 1. The fraction of sp³-hybridized carbons (Fsp3) is 0.211. The number of aromatic nitrogens is 2. The van der Waals surface area contributed by atoms with E-state index in [4.69, 9.17) is 14.9 Å². The molecule has 0 aliphatic carbocycles. The number of hydrogen-bond donors (Lipinski definition) is 2. The van der Waals surface area contributed by atoms with Gasteiger partial charge >= 0.3 is 0 Å². The van der Waals surface area contributed by atoms with Crippen LogP contribution in [0.25, 0.3) is 0 Å². The predicted octanol–water partition coefficient (Wildman–Crippen LogP) is 2.51. The molecule has 2 aromatic heterocycles. The third-order valence-electron chi connectivity index (χ3n) is 4.02. The second-order valence-electron chi connectivity index (χ2n) is 5.90. The first-order valence-corrected chi connectivity index (χ1v) is 8.41. The van der Waals surface area contributed by atoms with E-state index in [1.54, 1.807) is 13.1 Å². The number of amides is 2. The number of aryl methyl sites for hydroxylation is 2. The molecule has 0 saturated carbocycles. The minimum Gasteiger partial charge on any atom is -0.486 e. The number of nitrogens with two attached hydrogens (primary N) is 1. The summed E-state index contributed by atoms with van der Waals surface area (Å²) in [4.78, 5) is 23.8. The van der Waals surface area contributed by atoms with Crippen LogP contribution in [0.15, 0.2) is 47.0 Å². The molecule has 0 aliphatic heterocycles. The lowest BCUT2D eigenvalue weighted by Crippen LogP contribution is -2.20. The van der Waals surface area contributed by atoms with Crippen LogP contribution in [-0.2, 0) is 20.1 Å². The summed E-state index contributed by atoms with van der Waals surface area (Å²) in [6.07, 6.45) is 2.32. The molecule has 0 atom stereocenters. The number of anilines is 1. The van der Waals surface area contributed by atoms with Crippen LogP contribution >= 0.6 is 0 Å². The van der Waals surface area contributed by atoms with Gasteiger partial charge in [0.15, 0.2) is 5.76 Å². The number of carbonyl (C=O) groups is 2. The summed E-state index contributed by atoms with van der Waals surface area (Å²) in [7, 11) is 1.56. The predicted molar refractivity (Wildman–Crippen MR) is 98.5 cm³/mol. The summed E-state index contributed by atoms with van der Waals surface area (Å²) in [6, 6.07) is 11.0. The van der Waals surface area contributed by atoms with Gasteiger partial charge in [-0.05, 0) is 36.2 Å². The van der Waals surface area contributed by atoms with E-state index < -0.39 is 11.8 Å². The normalized spacial score (nSPS) is 10.6. The smallest absolute Gasteiger partial charge is 0.291 e. The van der Waals surface area contributed by atoms with Crippen molar-refractivity contribution < 1.29 is 18.7 Å². The first kappa shape index (κ1) is 18.2. The SMILES string of the molecule is CCc1ccc(OCc2ccc(C(=O)Nc3cnn(C)c3C(N)=O)o2)cc1. The highest BCUT2D eigenvalue weighted by Crippen LogP contribution is 2.18. The molecule has 3 N–H and O–H groups in total. The lowest BCUT2D eigenvalue weighted by atomic mass is 10.2. The van der Waals surface area contributed by atoms with E-state index in [1.165, 1.54) is 22.5 Å². The Kier molecular flexibility index (Phi) is 5.25. The first-order valence-electron chi connectivity index (χ1n) is 8.41. The first-order chi connectivity index (χ1) is 13.0. The number of furan rings is 1. The van der Waals surface area contributed by atoms with E-state index in [2.05, 4.69) is 17.3 Å². The van der Waals surface area contributed by atoms with Crippen LogP contribution in [0.1, 0.15) is 39.3 Å². The molecule has 0 bridgehead atoms. The molecule has 0 saturated heterocycles. The van der Waals surface area contributed by atoms with Crippen molar-refractivity contribution in [3.8, 4) is 5.75 Å². The van der Waals surface area contributed by atoms with Gasteiger partial charge in [0, 0.05) is 7.05 Å². The highest BCUT2D eigenvalue weighted by atomic mass is 16.5. The minimum absolute atomic E-state index is 0.0919. The lowest BCUT2D eigenvalue weighted by Gasteiger charge is -2.05. The Balaban J connectivity index is 1.63. The number of rotatable bonds is 7. The standard InChI is InChI=1S/C19H20N4O4/c1-3-12-4-6-13(7-5-12)26-11-14-8-9-16(27-14)19(25)22-15-10-21-23(2)17(15)18(20)24/h4-10H,3,11H2,1-2H3,(H2,20,24)(H,22,25). The second kappa shape index (κ2) is 7.77. The van der Waals surface area contributed by atoms with Gasteiger partial charge < -0.3 is 20.2 Å². The van der Waals surface area contributed by atoms with E-state index in [0.717, 1.165) is 12.2 Å². The number of carbonyl (C=O) groups excluding carboxylic acids is 2. The maximum atomic E-state index is 12.3. The average Bonchev–Trinajstić information content (AvgIpc) is 3.27. The summed E-state index contributed by atoms with van der Waals surface area (Å²) in [5.74, 6) is 0.114. The molecule has 27 heavy (non-hydrogen) atoms.